The van der Waals surface area contributed by atoms with E-state index in [2.05, 4.69) is 0 Å². The minimum Gasteiger partial charge on any atom is -0.491 e. The summed E-state index contributed by atoms with van der Waals surface area (Å²) in [6, 6.07) is 4.72. The van der Waals surface area contributed by atoms with Crippen molar-refractivity contribution < 1.29 is 14.2 Å². The van der Waals surface area contributed by atoms with Gasteiger partial charge in [0.2, 0.25) is 0 Å². The Labute approximate surface area is 80.9 Å². The molecule has 0 aliphatic carbocycles. The highest BCUT2D eigenvalue weighted by molar-refractivity contribution is 6.31. The maximum atomic E-state index is 12.2. The quantitative estimate of drug-likeness (QED) is 0.815. The zero-order chi connectivity index (χ0) is 9.68. The molecular weight excluding hydrogens is 195 g/mol. The Morgan fingerprint density at radius 3 is 2.77 bits per heavy atom. The highest BCUT2D eigenvalue weighted by Gasteiger charge is 2.01. The van der Waals surface area contributed by atoms with Crippen LogP contribution in [0.4, 0.5) is 4.39 Å². The second kappa shape index (κ2) is 5.04. The van der Waals surface area contributed by atoms with Gasteiger partial charge in [-0.15, -0.1) is 0 Å². The molecule has 0 atom stereocenters. The zero-order valence-corrected chi connectivity index (χ0v) is 7.72. The summed E-state index contributed by atoms with van der Waals surface area (Å²) in [7, 11) is 0. The molecule has 4 heteroatoms. The third-order valence-electron chi connectivity index (χ3n) is 1.53. The summed E-state index contributed by atoms with van der Waals surface area (Å²) in [4.78, 5) is 0. The smallest absolute Gasteiger partial charge is 0.120 e. The van der Waals surface area contributed by atoms with Crippen molar-refractivity contribution in [3.8, 4) is 5.75 Å². The van der Waals surface area contributed by atoms with E-state index in [9.17, 15) is 4.39 Å². The zero-order valence-electron chi connectivity index (χ0n) is 6.96. The number of aliphatic hydroxyl groups is 1. The van der Waals surface area contributed by atoms with Crippen LogP contribution >= 0.6 is 11.6 Å². The topological polar surface area (TPSA) is 29.5 Å². The molecule has 0 bridgehead atoms. The van der Waals surface area contributed by atoms with Crippen molar-refractivity contribution >= 4 is 11.6 Å². The molecule has 1 aromatic rings. The van der Waals surface area contributed by atoms with Crippen LogP contribution in [0, 0.1) is 0 Å². The van der Waals surface area contributed by atoms with Gasteiger partial charge in [0.15, 0.2) is 0 Å². The summed E-state index contributed by atoms with van der Waals surface area (Å²) in [5.74, 6) is 0.538. The maximum absolute atomic E-state index is 12.2. The van der Waals surface area contributed by atoms with E-state index in [-0.39, 0.29) is 13.2 Å². The Morgan fingerprint density at radius 1 is 1.46 bits per heavy atom. The summed E-state index contributed by atoms with van der Waals surface area (Å²) in [6.45, 7) is -0.424. The fourth-order valence-corrected chi connectivity index (χ4v) is 1.11. The summed E-state index contributed by atoms with van der Waals surface area (Å²) in [5, 5.41) is 8.82. The molecule has 0 amide bonds. The molecule has 0 saturated heterocycles. The van der Waals surface area contributed by atoms with Crippen LogP contribution in [0.25, 0.3) is 0 Å². The van der Waals surface area contributed by atoms with E-state index in [0.717, 1.165) is 0 Å². The Kier molecular flexibility index (Phi) is 3.99. The van der Waals surface area contributed by atoms with E-state index in [4.69, 9.17) is 21.4 Å². The fraction of sp³-hybridized carbons (Fsp3) is 0.333. The number of halogens is 2. The Hall–Kier alpha value is -0.800. The molecule has 1 N–H and O–H groups in total. The van der Waals surface area contributed by atoms with Gasteiger partial charge in [-0.3, -0.25) is 0 Å². The normalized spacial score (nSPS) is 10.1. The van der Waals surface area contributed by atoms with Crippen molar-refractivity contribution in [1.82, 2.24) is 0 Å². The standard InChI is InChI=1S/C9H10ClFO2/c10-9-5-8(13-4-3-12)2-1-7(9)6-11/h1-2,5,12H,3-4,6H2. The van der Waals surface area contributed by atoms with Crippen LogP contribution < -0.4 is 4.74 Å². The van der Waals surface area contributed by atoms with Gasteiger partial charge in [-0.25, -0.2) is 4.39 Å². The van der Waals surface area contributed by atoms with Gasteiger partial charge in [-0.2, -0.15) is 0 Å². The lowest BCUT2D eigenvalue weighted by molar-refractivity contribution is 0.201. The van der Waals surface area contributed by atoms with Gasteiger partial charge < -0.3 is 9.84 Å². The van der Waals surface area contributed by atoms with Crippen molar-refractivity contribution in [2.45, 2.75) is 6.67 Å². The summed E-state index contributed by atoms with van der Waals surface area (Å²) in [5.41, 5.74) is 0.443. The van der Waals surface area contributed by atoms with E-state index >= 15 is 0 Å². The largest absolute Gasteiger partial charge is 0.491 e. The van der Waals surface area contributed by atoms with Crippen molar-refractivity contribution in [3.63, 3.8) is 0 Å². The van der Waals surface area contributed by atoms with Gasteiger partial charge in [-0.05, 0) is 12.1 Å². The van der Waals surface area contributed by atoms with Crippen LogP contribution in [-0.4, -0.2) is 18.3 Å². The number of rotatable bonds is 4. The Bertz CT molecular complexity index is 278. The number of hydrogen-bond donors (Lipinski definition) is 1. The van der Waals surface area contributed by atoms with Crippen LogP contribution in [0.15, 0.2) is 18.2 Å². The van der Waals surface area contributed by atoms with Gasteiger partial charge >= 0.3 is 0 Å². The predicted molar refractivity (Wildman–Crippen MR) is 48.8 cm³/mol. The molecule has 0 aromatic heterocycles. The molecule has 0 aliphatic heterocycles. The molecule has 0 fully saturated rings. The van der Waals surface area contributed by atoms with E-state index in [1.54, 1.807) is 12.1 Å². The molecule has 0 aliphatic rings. The number of aliphatic hydroxyl groups excluding tert-OH is 1. The van der Waals surface area contributed by atoms with Crippen LogP contribution in [0.5, 0.6) is 5.75 Å². The van der Waals surface area contributed by atoms with Crippen LogP contribution in [0.2, 0.25) is 5.02 Å². The van der Waals surface area contributed by atoms with E-state index in [1.807, 2.05) is 0 Å². The molecule has 0 heterocycles. The van der Waals surface area contributed by atoms with Gasteiger partial charge in [0.05, 0.1) is 11.6 Å². The molecule has 0 spiro atoms. The lowest BCUT2D eigenvalue weighted by atomic mass is 10.2. The summed E-state index contributed by atoms with van der Waals surface area (Å²) >= 11 is 5.73. The number of alkyl halides is 1. The first-order valence-electron chi connectivity index (χ1n) is 3.86. The molecule has 0 radical (unpaired) electrons. The average Bonchev–Trinajstić information content (AvgIpc) is 2.15. The monoisotopic (exact) mass is 204 g/mol. The first-order valence-corrected chi connectivity index (χ1v) is 4.23. The van der Waals surface area contributed by atoms with Crippen molar-refractivity contribution in [3.05, 3.63) is 28.8 Å². The van der Waals surface area contributed by atoms with Gasteiger partial charge in [-0.1, -0.05) is 17.7 Å². The SMILES string of the molecule is OCCOc1ccc(CF)c(Cl)c1. The first kappa shape index (κ1) is 10.3. The average molecular weight is 205 g/mol. The molecule has 0 unspecified atom stereocenters. The predicted octanol–water partition coefficient (Wildman–Crippen LogP) is 2.18. The van der Waals surface area contributed by atoms with Crippen molar-refractivity contribution in [1.29, 1.82) is 0 Å². The number of hydrogen-bond acceptors (Lipinski definition) is 2. The molecule has 0 saturated carbocycles. The van der Waals surface area contributed by atoms with Gasteiger partial charge in [0.25, 0.3) is 0 Å². The molecule has 1 aromatic carbocycles. The van der Waals surface area contributed by atoms with Gasteiger partial charge in [0, 0.05) is 5.56 Å². The minimum atomic E-state index is -0.584. The second-order valence-electron chi connectivity index (χ2n) is 2.46. The van der Waals surface area contributed by atoms with Crippen molar-refractivity contribution in [2.75, 3.05) is 13.2 Å². The van der Waals surface area contributed by atoms with Crippen LogP contribution in [0.3, 0.4) is 0 Å². The Balaban J connectivity index is 2.71. The highest BCUT2D eigenvalue weighted by atomic mass is 35.5. The molecule has 1 rings (SSSR count). The number of ether oxygens (including phenoxy) is 1. The Morgan fingerprint density at radius 2 is 2.23 bits per heavy atom. The third-order valence-corrected chi connectivity index (χ3v) is 1.88. The summed E-state index contributed by atoms with van der Waals surface area (Å²) in [6.07, 6.45) is 0. The minimum absolute atomic E-state index is 0.0531. The molecule has 72 valence electrons. The van der Waals surface area contributed by atoms with Crippen molar-refractivity contribution in [2.24, 2.45) is 0 Å². The van der Waals surface area contributed by atoms with E-state index < -0.39 is 6.67 Å². The first-order chi connectivity index (χ1) is 6.27. The van der Waals surface area contributed by atoms with E-state index in [1.165, 1.54) is 6.07 Å². The third kappa shape index (κ3) is 2.86. The molecular formula is C9H10ClFO2. The molecule has 2 nitrogen and oxygen atoms in total. The second-order valence-corrected chi connectivity index (χ2v) is 2.87. The lowest BCUT2D eigenvalue weighted by Crippen LogP contribution is -2.01. The highest BCUT2D eigenvalue weighted by Crippen LogP contribution is 2.23. The fourth-order valence-electron chi connectivity index (χ4n) is 0.890. The van der Waals surface area contributed by atoms with Crippen LogP contribution in [-0.2, 0) is 6.67 Å². The van der Waals surface area contributed by atoms with Gasteiger partial charge in [0.1, 0.15) is 19.0 Å². The van der Waals surface area contributed by atoms with E-state index in [0.29, 0.717) is 16.3 Å². The maximum Gasteiger partial charge on any atom is 0.120 e. The number of benzene rings is 1. The molecule has 13 heavy (non-hydrogen) atoms. The van der Waals surface area contributed by atoms with Crippen LogP contribution in [0.1, 0.15) is 5.56 Å². The lowest BCUT2D eigenvalue weighted by Gasteiger charge is -2.05. The summed E-state index contributed by atoms with van der Waals surface area (Å²) < 4.78 is 17.3.